The van der Waals surface area contributed by atoms with E-state index >= 15 is 0 Å². The fraction of sp³-hybridized carbons (Fsp3) is 0.800. The van der Waals surface area contributed by atoms with Gasteiger partial charge in [0.1, 0.15) is 0 Å². The van der Waals surface area contributed by atoms with E-state index in [1.807, 2.05) is 0 Å². The molecule has 3 heteroatoms. The molecule has 0 aromatic rings. The van der Waals surface area contributed by atoms with Gasteiger partial charge in [0.25, 0.3) is 0 Å². The summed E-state index contributed by atoms with van der Waals surface area (Å²) in [6.45, 7) is 0.387. The maximum absolute atomic E-state index is 12.1. The molecule has 0 saturated heterocycles. The number of nitrogens with zero attached hydrogens (tertiary/aromatic N) is 1. The molecule has 4 bridgehead atoms. The van der Waals surface area contributed by atoms with Gasteiger partial charge in [0, 0.05) is 12.6 Å². The van der Waals surface area contributed by atoms with Crippen LogP contribution < -0.4 is 5.32 Å². The molecule has 0 aliphatic heterocycles. The molecule has 98 valence electrons. The summed E-state index contributed by atoms with van der Waals surface area (Å²) in [5.74, 6) is 5.09. The molecule has 18 heavy (non-hydrogen) atoms. The summed E-state index contributed by atoms with van der Waals surface area (Å²) in [5.41, 5.74) is 0.0920. The zero-order chi connectivity index (χ0) is 12.8. The van der Waals surface area contributed by atoms with Gasteiger partial charge in [-0.3, -0.25) is 0 Å². The Bertz CT molecular complexity index is 361. The topological polar surface area (TPSA) is 32.3 Å². The van der Waals surface area contributed by atoms with Crippen molar-refractivity contribution >= 4 is 6.03 Å². The minimum absolute atomic E-state index is 0.00917. The van der Waals surface area contributed by atoms with Crippen LogP contribution in [0, 0.1) is 30.1 Å². The zero-order valence-corrected chi connectivity index (χ0v) is 11.1. The summed E-state index contributed by atoms with van der Waals surface area (Å²) >= 11 is 0. The minimum Gasteiger partial charge on any atom is -0.333 e. The van der Waals surface area contributed by atoms with Crippen LogP contribution in [0.1, 0.15) is 38.5 Å². The first-order valence-corrected chi connectivity index (χ1v) is 7.07. The molecule has 1 N–H and O–H groups in total. The minimum atomic E-state index is 0.00917. The predicted octanol–water partition coefficient (Wildman–Crippen LogP) is 2.23. The second kappa shape index (κ2) is 4.19. The van der Waals surface area contributed by atoms with Crippen LogP contribution >= 0.6 is 0 Å². The highest BCUT2D eigenvalue weighted by Gasteiger charge is 2.51. The summed E-state index contributed by atoms with van der Waals surface area (Å²) < 4.78 is 0. The summed E-state index contributed by atoms with van der Waals surface area (Å²) in [5, 5.41) is 3.30. The molecule has 0 heterocycles. The number of terminal acetylenes is 1. The molecule has 3 nitrogen and oxygen atoms in total. The van der Waals surface area contributed by atoms with Crippen molar-refractivity contribution in [1.29, 1.82) is 0 Å². The molecule has 4 aliphatic rings. The van der Waals surface area contributed by atoms with Crippen molar-refractivity contribution in [2.75, 3.05) is 13.6 Å². The van der Waals surface area contributed by atoms with Gasteiger partial charge in [0.15, 0.2) is 0 Å². The number of carbonyl (C=O) groups excluding carboxylic acids is 1. The van der Waals surface area contributed by atoms with E-state index in [4.69, 9.17) is 6.42 Å². The van der Waals surface area contributed by atoms with Gasteiger partial charge in [0.2, 0.25) is 0 Å². The van der Waals surface area contributed by atoms with Crippen LogP contribution in [0.4, 0.5) is 4.79 Å². The van der Waals surface area contributed by atoms with E-state index in [2.05, 4.69) is 11.2 Å². The van der Waals surface area contributed by atoms with Crippen LogP contribution in [0.5, 0.6) is 0 Å². The monoisotopic (exact) mass is 246 g/mol. The van der Waals surface area contributed by atoms with Crippen molar-refractivity contribution in [3.8, 4) is 12.3 Å². The Kier molecular flexibility index (Phi) is 2.77. The van der Waals surface area contributed by atoms with E-state index in [9.17, 15) is 4.79 Å². The van der Waals surface area contributed by atoms with Crippen molar-refractivity contribution in [2.45, 2.75) is 44.1 Å². The van der Waals surface area contributed by atoms with Gasteiger partial charge in [0.05, 0.1) is 6.54 Å². The van der Waals surface area contributed by atoms with Crippen LogP contribution in [-0.4, -0.2) is 30.1 Å². The molecule has 0 radical (unpaired) electrons. The molecular formula is C15H22N2O. The lowest BCUT2D eigenvalue weighted by atomic mass is 9.53. The van der Waals surface area contributed by atoms with E-state index in [0.29, 0.717) is 6.54 Å². The number of nitrogens with one attached hydrogen (secondary N) is 1. The molecule has 4 rings (SSSR count). The van der Waals surface area contributed by atoms with Gasteiger partial charge >= 0.3 is 6.03 Å². The molecule has 0 atom stereocenters. The SMILES string of the molecule is C#CCN(C)C(=O)NC12CC3CC(CC(C3)C1)C2. The maximum Gasteiger partial charge on any atom is 0.318 e. The third-order valence-electron chi connectivity index (χ3n) is 5.09. The quantitative estimate of drug-likeness (QED) is 0.745. The van der Waals surface area contributed by atoms with E-state index in [1.165, 1.54) is 38.5 Å². The fourth-order valence-electron chi connectivity index (χ4n) is 4.79. The van der Waals surface area contributed by atoms with E-state index < -0.39 is 0 Å². The molecular weight excluding hydrogens is 224 g/mol. The number of amides is 2. The van der Waals surface area contributed by atoms with Crippen LogP contribution in [-0.2, 0) is 0 Å². The molecule has 4 fully saturated rings. The van der Waals surface area contributed by atoms with Crippen LogP contribution in [0.15, 0.2) is 0 Å². The van der Waals surface area contributed by atoms with E-state index in [1.54, 1.807) is 11.9 Å². The van der Waals surface area contributed by atoms with Gasteiger partial charge in [-0.1, -0.05) is 5.92 Å². The second-order valence-electron chi connectivity index (χ2n) is 6.69. The first-order chi connectivity index (χ1) is 8.60. The molecule has 2 amide bonds. The van der Waals surface area contributed by atoms with Crippen LogP contribution in [0.2, 0.25) is 0 Å². The standard InChI is InChI=1S/C15H22N2O/c1-3-4-17(2)14(18)16-15-8-11-5-12(9-15)7-13(6-11)10-15/h1,11-13H,4-10H2,2H3,(H,16,18). The first-order valence-electron chi connectivity index (χ1n) is 7.07. The molecule has 0 aromatic carbocycles. The Morgan fingerprint density at radius 3 is 2.22 bits per heavy atom. The van der Waals surface area contributed by atoms with E-state index in [-0.39, 0.29) is 11.6 Å². The van der Waals surface area contributed by atoms with Gasteiger partial charge in [-0.2, -0.15) is 0 Å². The summed E-state index contributed by atoms with van der Waals surface area (Å²) in [6.07, 6.45) is 13.0. The molecule has 0 unspecified atom stereocenters. The first kappa shape index (κ1) is 11.9. The zero-order valence-electron chi connectivity index (χ0n) is 11.1. The Hall–Kier alpha value is -1.17. The lowest BCUT2D eigenvalue weighted by Crippen LogP contribution is -2.61. The third kappa shape index (κ3) is 1.98. The Labute approximate surface area is 109 Å². The third-order valence-corrected chi connectivity index (χ3v) is 5.09. The fourth-order valence-corrected chi connectivity index (χ4v) is 4.79. The van der Waals surface area contributed by atoms with Gasteiger partial charge in [-0.15, -0.1) is 6.42 Å². The number of hydrogen-bond donors (Lipinski definition) is 1. The Balaban J connectivity index is 1.69. The molecule has 4 saturated carbocycles. The van der Waals surface area contributed by atoms with Gasteiger partial charge < -0.3 is 10.2 Å². The average Bonchev–Trinajstić information content (AvgIpc) is 2.26. The number of hydrogen-bond acceptors (Lipinski definition) is 1. The highest BCUT2D eigenvalue weighted by atomic mass is 16.2. The predicted molar refractivity (Wildman–Crippen MR) is 70.9 cm³/mol. The summed E-state index contributed by atoms with van der Waals surface area (Å²) in [4.78, 5) is 13.7. The largest absolute Gasteiger partial charge is 0.333 e. The van der Waals surface area contributed by atoms with Crippen molar-refractivity contribution in [2.24, 2.45) is 17.8 Å². The van der Waals surface area contributed by atoms with Crippen LogP contribution in [0.3, 0.4) is 0 Å². The normalized spacial score (nSPS) is 40.3. The van der Waals surface area contributed by atoms with Crippen molar-refractivity contribution < 1.29 is 4.79 Å². The number of rotatable bonds is 2. The van der Waals surface area contributed by atoms with Crippen molar-refractivity contribution in [3.63, 3.8) is 0 Å². The van der Waals surface area contributed by atoms with Crippen molar-refractivity contribution in [1.82, 2.24) is 10.2 Å². The van der Waals surface area contributed by atoms with Gasteiger partial charge in [-0.05, 0) is 56.3 Å². The highest BCUT2D eigenvalue weighted by molar-refractivity contribution is 5.75. The molecule has 0 spiro atoms. The van der Waals surface area contributed by atoms with Crippen molar-refractivity contribution in [3.05, 3.63) is 0 Å². The Morgan fingerprint density at radius 2 is 1.78 bits per heavy atom. The molecule has 4 aliphatic carbocycles. The highest BCUT2D eigenvalue weighted by Crippen LogP contribution is 2.55. The lowest BCUT2D eigenvalue weighted by Gasteiger charge is -2.57. The van der Waals surface area contributed by atoms with E-state index in [0.717, 1.165) is 17.8 Å². The average molecular weight is 246 g/mol. The summed E-state index contributed by atoms with van der Waals surface area (Å²) in [7, 11) is 1.77. The maximum atomic E-state index is 12.1. The lowest BCUT2D eigenvalue weighted by molar-refractivity contribution is -0.0151. The smallest absolute Gasteiger partial charge is 0.318 e. The number of urea groups is 1. The molecule has 0 aromatic heterocycles. The van der Waals surface area contributed by atoms with Gasteiger partial charge in [-0.25, -0.2) is 4.79 Å². The Morgan fingerprint density at radius 1 is 1.28 bits per heavy atom. The number of carbonyl (C=O) groups is 1. The van der Waals surface area contributed by atoms with Crippen LogP contribution in [0.25, 0.3) is 0 Å². The second-order valence-corrected chi connectivity index (χ2v) is 6.69. The summed E-state index contributed by atoms with van der Waals surface area (Å²) in [6, 6.07) is 0.00917.